The van der Waals surface area contributed by atoms with Gasteiger partial charge in [0, 0.05) is 18.4 Å². The van der Waals surface area contributed by atoms with Gasteiger partial charge in [-0.3, -0.25) is 4.79 Å². The third-order valence-corrected chi connectivity index (χ3v) is 4.23. The summed E-state index contributed by atoms with van der Waals surface area (Å²) in [6.45, 7) is 3.83. The van der Waals surface area contributed by atoms with E-state index in [0.29, 0.717) is 17.3 Å². The van der Waals surface area contributed by atoms with E-state index in [-0.39, 0.29) is 24.6 Å². The number of aromatic nitrogens is 1. The highest BCUT2D eigenvalue weighted by Crippen LogP contribution is 2.22. The van der Waals surface area contributed by atoms with Crippen LogP contribution in [-0.4, -0.2) is 37.9 Å². The summed E-state index contributed by atoms with van der Waals surface area (Å²) in [7, 11) is -3.09. The zero-order chi connectivity index (χ0) is 17.0. The van der Waals surface area contributed by atoms with Crippen molar-refractivity contribution in [2.75, 3.05) is 18.6 Å². The Hall–Kier alpha value is -2.15. The molecule has 0 spiro atoms. The zero-order valence-electron chi connectivity index (χ0n) is 13.4. The number of nitrogens with one attached hydrogen (secondary N) is 1. The average Bonchev–Trinajstić information content (AvgIpc) is 2.79. The normalized spacial score (nSPS) is 11.4. The Morgan fingerprint density at radius 1 is 1.30 bits per heavy atom. The van der Waals surface area contributed by atoms with Crippen LogP contribution in [0.25, 0.3) is 11.5 Å². The maximum absolute atomic E-state index is 11.9. The highest BCUT2D eigenvalue weighted by molar-refractivity contribution is 7.90. The minimum Gasteiger partial charge on any atom is -0.441 e. The summed E-state index contributed by atoms with van der Waals surface area (Å²) in [5.41, 5.74) is 2.51. The van der Waals surface area contributed by atoms with E-state index < -0.39 is 9.84 Å². The molecule has 124 valence electrons. The summed E-state index contributed by atoms with van der Waals surface area (Å²) in [5, 5.41) is 2.57. The van der Waals surface area contributed by atoms with Crippen LogP contribution in [0.15, 0.2) is 28.7 Å². The van der Waals surface area contributed by atoms with Crippen molar-refractivity contribution < 1.29 is 17.6 Å². The molecule has 0 aliphatic heterocycles. The lowest BCUT2D eigenvalue weighted by Gasteiger charge is -2.02. The van der Waals surface area contributed by atoms with Crippen molar-refractivity contribution in [3.63, 3.8) is 0 Å². The first-order chi connectivity index (χ1) is 10.7. The van der Waals surface area contributed by atoms with E-state index in [1.54, 1.807) is 6.92 Å². The first-order valence-electron chi connectivity index (χ1n) is 7.22. The highest BCUT2D eigenvalue weighted by Gasteiger charge is 2.15. The molecule has 0 unspecified atom stereocenters. The second-order valence-corrected chi connectivity index (χ2v) is 7.81. The molecule has 1 N–H and O–H groups in total. The fraction of sp³-hybridized carbons (Fsp3) is 0.375. The number of carbonyl (C=O) groups excluding carboxylic acids is 1. The number of hydrogen-bond donors (Lipinski definition) is 1. The van der Waals surface area contributed by atoms with Gasteiger partial charge in [-0.15, -0.1) is 0 Å². The number of hydrogen-bond acceptors (Lipinski definition) is 5. The number of carbonyl (C=O) groups is 1. The molecule has 1 heterocycles. The molecule has 0 atom stereocenters. The van der Waals surface area contributed by atoms with Crippen LogP contribution >= 0.6 is 0 Å². The summed E-state index contributed by atoms with van der Waals surface area (Å²) in [6, 6.07) is 7.76. The summed E-state index contributed by atoms with van der Waals surface area (Å²) in [5.74, 6) is 0.705. The van der Waals surface area contributed by atoms with E-state index >= 15 is 0 Å². The quantitative estimate of drug-likeness (QED) is 0.866. The number of amides is 1. The molecule has 0 saturated heterocycles. The molecule has 0 saturated carbocycles. The molecule has 1 amide bonds. The second kappa shape index (κ2) is 6.95. The lowest BCUT2D eigenvalue weighted by molar-refractivity contribution is -0.120. The summed E-state index contributed by atoms with van der Waals surface area (Å²) < 4.78 is 27.7. The van der Waals surface area contributed by atoms with Crippen LogP contribution < -0.4 is 5.32 Å². The van der Waals surface area contributed by atoms with Gasteiger partial charge < -0.3 is 9.73 Å². The molecular weight excluding hydrogens is 316 g/mol. The van der Waals surface area contributed by atoms with Gasteiger partial charge in [-0.05, 0) is 26.0 Å². The topological polar surface area (TPSA) is 89.3 Å². The van der Waals surface area contributed by atoms with E-state index in [1.165, 1.54) is 0 Å². The van der Waals surface area contributed by atoms with Crippen LogP contribution in [-0.2, 0) is 21.1 Å². The lowest BCUT2D eigenvalue weighted by atomic mass is 10.1. The molecular formula is C16H20N2O4S. The molecule has 6 nitrogen and oxygen atoms in total. The molecule has 0 aliphatic rings. The fourth-order valence-corrected chi connectivity index (χ4v) is 2.56. The first-order valence-corrected chi connectivity index (χ1v) is 9.28. The molecule has 23 heavy (non-hydrogen) atoms. The summed E-state index contributed by atoms with van der Waals surface area (Å²) >= 11 is 0. The first kappa shape index (κ1) is 17.2. The average molecular weight is 336 g/mol. The molecule has 1 aromatic carbocycles. The molecule has 7 heteroatoms. The predicted molar refractivity (Wildman–Crippen MR) is 87.8 cm³/mol. The van der Waals surface area contributed by atoms with E-state index in [0.717, 1.165) is 17.4 Å². The maximum Gasteiger partial charge on any atom is 0.226 e. The van der Waals surface area contributed by atoms with Crippen LogP contribution in [0.5, 0.6) is 0 Å². The van der Waals surface area contributed by atoms with Crippen LogP contribution in [0.2, 0.25) is 0 Å². The number of nitrogens with zero attached hydrogens (tertiary/aromatic N) is 1. The SMILES string of the molecule is Cc1cccc(-c2nc(CC(=O)NCCS(C)(=O)=O)c(C)o2)c1. The van der Waals surface area contributed by atoms with Crippen LogP contribution in [0, 0.1) is 13.8 Å². The molecule has 0 radical (unpaired) electrons. The second-order valence-electron chi connectivity index (χ2n) is 5.55. The summed E-state index contributed by atoms with van der Waals surface area (Å²) in [4.78, 5) is 16.2. The number of aryl methyl sites for hydroxylation is 2. The van der Waals surface area contributed by atoms with Gasteiger partial charge >= 0.3 is 0 Å². The summed E-state index contributed by atoms with van der Waals surface area (Å²) in [6.07, 6.45) is 1.19. The van der Waals surface area contributed by atoms with Gasteiger partial charge in [-0.25, -0.2) is 13.4 Å². The Kier molecular flexibility index (Phi) is 5.20. The number of oxazole rings is 1. The predicted octanol–water partition coefficient (Wildman–Crippen LogP) is 1.66. The fourth-order valence-electron chi connectivity index (χ4n) is 2.08. The van der Waals surface area contributed by atoms with Crippen molar-refractivity contribution in [2.45, 2.75) is 20.3 Å². The maximum atomic E-state index is 11.9. The van der Waals surface area contributed by atoms with Gasteiger partial charge in [0.15, 0.2) is 0 Å². The smallest absolute Gasteiger partial charge is 0.226 e. The van der Waals surface area contributed by atoms with Crippen molar-refractivity contribution in [1.82, 2.24) is 10.3 Å². The van der Waals surface area contributed by atoms with Gasteiger partial charge in [0.2, 0.25) is 11.8 Å². The van der Waals surface area contributed by atoms with Crippen molar-refractivity contribution >= 4 is 15.7 Å². The van der Waals surface area contributed by atoms with Gasteiger partial charge in [-0.2, -0.15) is 0 Å². The molecule has 2 rings (SSSR count). The van der Waals surface area contributed by atoms with E-state index in [4.69, 9.17) is 4.42 Å². The highest BCUT2D eigenvalue weighted by atomic mass is 32.2. The Morgan fingerprint density at radius 3 is 2.70 bits per heavy atom. The van der Waals surface area contributed by atoms with Gasteiger partial charge in [0.05, 0.1) is 17.9 Å². The van der Waals surface area contributed by atoms with Crippen molar-refractivity contribution in [3.05, 3.63) is 41.3 Å². The third-order valence-electron chi connectivity index (χ3n) is 3.28. The van der Waals surface area contributed by atoms with Crippen molar-refractivity contribution in [2.24, 2.45) is 0 Å². The Balaban J connectivity index is 2.02. The number of sulfone groups is 1. The number of benzene rings is 1. The standard InChI is InChI=1S/C16H20N2O4S/c1-11-5-4-6-13(9-11)16-18-14(12(2)22-16)10-15(19)17-7-8-23(3,20)21/h4-6,9H,7-8,10H2,1-3H3,(H,17,19). The van der Waals surface area contributed by atoms with Gasteiger partial charge in [-0.1, -0.05) is 17.7 Å². The lowest BCUT2D eigenvalue weighted by Crippen LogP contribution is -2.30. The van der Waals surface area contributed by atoms with Crippen LogP contribution in [0.3, 0.4) is 0 Å². The van der Waals surface area contributed by atoms with Gasteiger partial charge in [0.1, 0.15) is 15.6 Å². The number of rotatable bonds is 6. The van der Waals surface area contributed by atoms with E-state index in [2.05, 4.69) is 10.3 Å². The van der Waals surface area contributed by atoms with Gasteiger partial charge in [0.25, 0.3) is 0 Å². The molecule has 0 fully saturated rings. The Bertz CT molecular complexity index is 809. The zero-order valence-corrected chi connectivity index (χ0v) is 14.2. The monoisotopic (exact) mass is 336 g/mol. The molecule has 1 aromatic heterocycles. The van der Waals surface area contributed by atoms with E-state index in [1.807, 2.05) is 31.2 Å². The minimum absolute atomic E-state index is 0.0604. The molecule has 0 aliphatic carbocycles. The van der Waals surface area contributed by atoms with Crippen LogP contribution in [0.1, 0.15) is 17.0 Å². The Morgan fingerprint density at radius 2 is 2.04 bits per heavy atom. The minimum atomic E-state index is -3.09. The van der Waals surface area contributed by atoms with E-state index in [9.17, 15) is 13.2 Å². The van der Waals surface area contributed by atoms with Crippen molar-refractivity contribution in [3.8, 4) is 11.5 Å². The molecule has 0 bridgehead atoms. The molecule has 2 aromatic rings. The third kappa shape index (κ3) is 5.21. The Labute approximate surface area is 135 Å². The van der Waals surface area contributed by atoms with Crippen molar-refractivity contribution in [1.29, 1.82) is 0 Å². The van der Waals surface area contributed by atoms with Crippen LogP contribution in [0.4, 0.5) is 0 Å². The largest absolute Gasteiger partial charge is 0.441 e.